The maximum Gasteiger partial charge on any atom is 0.226 e. The van der Waals surface area contributed by atoms with Crippen molar-refractivity contribution in [2.24, 2.45) is 5.92 Å². The minimum Gasteiger partial charge on any atom is -0.342 e. The van der Waals surface area contributed by atoms with Gasteiger partial charge in [-0.05, 0) is 68.6 Å². The Morgan fingerprint density at radius 3 is 2.57 bits per heavy atom. The normalized spacial score (nSPS) is 22.5. The van der Waals surface area contributed by atoms with Gasteiger partial charge >= 0.3 is 0 Å². The van der Waals surface area contributed by atoms with E-state index in [1.807, 2.05) is 0 Å². The van der Waals surface area contributed by atoms with Crippen LogP contribution in [0.5, 0.6) is 0 Å². The number of carbonyl (C=O) groups is 1. The highest BCUT2D eigenvalue weighted by Gasteiger charge is 2.26. The molecule has 1 atom stereocenters. The van der Waals surface area contributed by atoms with Crippen molar-refractivity contribution in [1.29, 1.82) is 0 Å². The second-order valence-corrected chi connectivity index (χ2v) is 7.76. The molecule has 0 N–H and O–H groups in total. The Bertz CT molecular complexity index is 511. The average Bonchev–Trinajstić information content (AvgIpc) is 3.09. The van der Waals surface area contributed by atoms with Crippen molar-refractivity contribution in [3.63, 3.8) is 0 Å². The molecule has 4 heteroatoms. The van der Waals surface area contributed by atoms with Crippen molar-refractivity contribution in [2.45, 2.75) is 37.0 Å². The summed E-state index contributed by atoms with van der Waals surface area (Å²) in [6.45, 7) is 5.60. The zero-order valence-electron chi connectivity index (χ0n) is 14.2. The van der Waals surface area contributed by atoms with E-state index < -0.39 is 0 Å². The molecule has 0 saturated carbocycles. The second-order valence-electron chi connectivity index (χ2n) is 6.88. The first-order valence-corrected chi connectivity index (χ1v) is 10.1. The van der Waals surface area contributed by atoms with Crippen molar-refractivity contribution in [3.8, 4) is 0 Å². The molecule has 1 aromatic rings. The van der Waals surface area contributed by atoms with Gasteiger partial charge in [-0.3, -0.25) is 4.79 Å². The molecule has 2 aliphatic heterocycles. The van der Waals surface area contributed by atoms with Crippen LogP contribution in [0.25, 0.3) is 0 Å². The van der Waals surface area contributed by atoms with Crippen LogP contribution in [0, 0.1) is 5.92 Å². The summed E-state index contributed by atoms with van der Waals surface area (Å²) in [7, 11) is 0. The first kappa shape index (κ1) is 16.8. The maximum absolute atomic E-state index is 12.6. The van der Waals surface area contributed by atoms with Gasteiger partial charge in [0.2, 0.25) is 5.91 Å². The number of likely N-dealkylation sites (tertiary alicyclic amines) is 2. The molecule has 2 heterocycles. The lowest BCUT2D eigenvalue weighted by Crippen LogP contribution is -2.43. The van der Waals surface area contributed by atoms with Crippen LogP contribution in [-0.4, -0.2) is 54.7 Å². The zero-order chi connectivity index (χ0) is 16.1. The predicted molar refractivity (Wildman–Crippen MR) is 96.9 cm³/mol. The molecular weight excluding hydrogens is 304 g/mol. The summed E-state index contributed by atoms with van der Waals surface area (Å²) in [5, 5.41) is 0. The average molecular weight is 333 g/mol. The van der Waals surface area contributed by atoms with Crippen LogP contribution in [0.4, 0.5) is 0 Å². The lowest BCUT2D eigenvalue weighted by molar-refractivity contribution is -0.132. The van der Waals surface area contributed by atoms with E-state index in [2.05, 4.69) is 40.3 Å². The Kier molecular flexibility index (Phi) is 6.01. The smallest absolute Gasteiger partial charge is 0.226 e. The van der Waals surface area contributed by atoms with Gasteiger partial charge < -0.3 is 9.80 Å². The number of benzene rings is 1. The maximum atomic E-state index is 12.6. The van der Waals surface area contributed by atoms with E-state index in [4.69, 9.17) is 0 Å². The van der Waals surface area contributed by atoms with Gasteiger partial charge in [-0.25, -0.2) is 0 Å². The third-order valence-corrected chi connectivity index (χ3v) is 5.84. The van der Waals surface area contributed by atoms with E-state index in [0.29, 0.717) is 18.2 Å². The topological polar surface area (TPSA) is 23.6 Å². The number of rotatable bonds is 5. The summed E-state index contributed by atoms with van der Waals surface area (Å²) in [4.78, 5) is 18.6. The van der Waals surface area contributed by atoms with Crippen LogP contribution in [-0.2, 0) is 11.2 Å². The van der Waals surface area contributed by atoms with Crippen molar-refractivity contribution in [3.05, 3.63) is 29.8 Å². The molecule has 2 fully saturated rings. The molecule has 0 spiro atoms. The minimum absolute atomic E-state index is 0.299. The van der Waals surface area contributed by atoms with E-state index in [0.717, 1.165) is 25.1 Å². The molecule has 0 aliphatic carbocycles. The second kappa shape index (κ2) is 8.20. The largest absolute Gasteiger partial charge is 0.342 e. The number of piperidine rings is 1. The van der Waals surface area contributed by atoms with Crippen LogP contribution in [0.3, 0.4) is 0 Å². The van der Waals surface area contributed by atoms with Gasteiger partial charge in [0, 0.05) is 24.5 Å². The van der Waals surface area contributed by atoms with Crippen LogP contribution >= 0.6 is 11.8 Å². The summed E-state index contributed by atoms with van der Waals surface area (Å²) >= 11 is 1.74. The van der Waals surface area contributed by atoms with Crippen LogP contribution in [0.15, 0.2) is 29.2 Å². The number of nitrogens with zero attached hydrogens (tertiary/aromatic N) is 2. The van der Waals surface area contributed by atoms with Gasteiger partial charge in [-0.1, -0.05) is 12.1 Å². The SMILES string of the molecule is CSc1ccc(CC(=O)N2CCCC(CN3CCCC3)C2)cc1. The first-order chi connectivity index (χ1) is 11.2. The quantitative estimate of drug-likeness (QED) is 0.773. The molecule has 126 valence electrons. The van der Waals surface area contributed by atoms with Crippen LogP contribution in [0.2, 0.25) is 0 Å². The molecule has 0 radical (unpaired) electrons. The Morgan fingerprint density at radius 2 is 1.87 bits per heavy atom. The number of carbonyl (C=O) groups excluding carboxylic acids is 1. The fourth-order valence-electron chi connectivity index (χ4n) is 3.80. The zero-order valence-corrected chi connectivity index (χ0v) is 15.0. The van der Waals surface area contributed by atoms with Crippen molar-refractivity contribution < 1.29 is 4.79 Å². The summed E-state index contributed by atoms with van der Waals surface area (Å²) in [6, 6.07) is 8.41. The predicted octanol–water partition coefficient (Wildman–Crippen LogP) is 3.29. The van der Waals surface area contributed by atoms with Crippen LogP contribution < -0.4 is 0 Å². The molecule has 3 rings (SSSR count). The molecule has 23 heavy (non-hydrogen) atoms. The van der Waals surface area contributed by atoms with Gasteiger partial charge in [0.25, 0.3) is 0 Å². The number of hydrogen-bond acceptors (Lipinski definition) is 3. The van der Waals surface area contributed by atoms with Crippen molar-refractivity contribution in [1.82, 2.24) is 9.80 Å². The Hall–Kier alpha value is -1.00. The van der Waals surface area contributed by atoms with Crippen molar-refractivity contribution in [2.75, 3.05) is 39.0 Å². The Balaban J connectivity index is 1.51. The van der Waals surface area contributed by atoms with Crippen molar-refractivity contribution >= 4 is 17.7 Å². The van der Waals surface area contributed by atoms with Gasteiger partial charge in [0.15, 0.2) is 0 Å². The number of thioether (sulfide) groups is 1. The summed E-state index contributed by atoms with van der Waals surface area (Å²) in [5.41, 5.74) is 1.13. The summed E-state index contributed by atoms with van der Waals surface area (Å²) in [6.07, 6.45) is 7.76. The summed E-state index contributed by atoms with van der Waals surface area (Å²) < 4.78 is 0. The fraction of sp³-hybridized carbons (Fsp3) is 0.632. The third-order valence-electron chi connectivity index (χ3n) is 5.10. The standard InChI is InChI=1S/C19H28N2OS/c1-23-18-8-6-16(7-9-18)13-19(22)21-12-4-5-17(15-21)14-20-10-2-3-11-20/h6-9,17H,2-5,10-15H2,1H3. The number of amides is 1. The highest BCUT2D eigenvalue weighted by atomic mass is 32.2. The van der Waals surface area contributed by atoms with E-state index in [1.165, 1.54) is 43.8 Å². The van der Waals surface area contributed by atoms with Gasteiger partial charge in [0.1, 0.15) is 0 Å². The van der Waals surface area contributed by atoms with Crippen LogP contribution in [0.1, 0.15) is 31.2 Å². The Labute approximate surface area is 144 Å². The molecule has 1 unspecified atom stereocenters. The fourth-order valence-corrected chi connectivity index (χ4v) is 4.21. The lowest BCUT2D eigenvalue weighted by Gasteiger charge is -2.34. The van der Waals surface area contributed by atoms with Gasteiger partial charge in [-0.15, -0.1) is 11.8 Å². The minimum atomic E-state index is 0.299. The third kappa shape index (κ3) is 4.74. The molecule has 1 amide bonds. The van der Waals surface area contributed by atoms with E-state index in [-0.39, 0.29) is 0 Å². The number of hydrogen-bond donors (Lipinski definition) is 0. The molecular formula is C19H28N2OS. The molecule has 3 nitrogen and oxygen atoms in total. The van der Waals surface area contributed by atoms with Gasteiger partial charge in [0.05, 0.1) is 6.42 Å². The van der Waals surface area contributed by atoms with E-state index in [9.17, 15) is 4.79 Å². The van der Waals surface area contributed by atoms with Gasteiger partial charge in [-0.2, -0.15) is 0 Å². The lowest BCUT2D eigenvalue weighted by atomic mass is 9.97. The molecule has 0 bridgehead atoms. The van der Waals surface area contributed by atoms with E-state index in [1.54, 1.807) is 11.8 Å². The monoisotopic (exact) mass is 332 g/mol. The molecule has 1 aromatic carbocycles. The molecule has 2 saturated heterocycles. The first-order valence-electron chi connectivity index (χ1n) is 8.87. The molecule has 0 aromatic heterocycles. The summed E-state index contributed by atoms with van der Waals surface area (Å²) in [5.74, 6) is 0.970. The Morgan fingerprint density at radius 1 is 1.13 bits per heavy atom. The highest BCUT2D eigenvalue weighted by molar-refractivity contribution is 7.98. The highest BCUT2D eigenvalue weighted by Crippen LogP contribution is 2.21. The molecule has 2 aliphatic rings. The van der Waals surface area contributed by atoms with E-state index >= 15 is 0 Å².